The van der Waals surface area contributed by atoms with Crippen molar-refractivity contribution in [2.75, 3.05) is 19.8 Å². The van der Waals surface area contributed by atoms with E-state index in [4.69, 9.17) is 18.9 Å². The molecule has 0 aromatic rings. The van der Waals surface area contributed by atoms with Crippen LogP contribution in [0.25, 0.3) is 0 Å². The van der Waals surface area contributed by atoms with Crippen molar-refractivity contribution in [3.8, 4) is 0 Å². The Labute approximate surface area is 335 Å². The van der Waals surface area contributed by atoms with E-state index in [1.807, 2.05) is 0 Å². The number of unbranched alkanes of at least 4 members (excludes halogenated alkanes) is 25. The maximum atomic E-state index is 12.8. The van der Waals surface area contributed by atoms with Crippen LogP contribution in [-0.4, -0.2) is 89.0 Å². The SMILES string of the molecule is CCCC/C=C/CCCCCCCC(=O)OC[C@H](CO[C@@H]1O[C@H](CO)[C@H](O)C(O)C1O)OC(=O)CCCCCCCCCCCCCCCCCCCCC. The molecule has 1 heterocycles. The van der Waals surface area contributed by atoms with Crippen LogP contribution in [-0.2, 0) is 28.5 Å². The van der Waals surface area contributed by atoms with Crippen molar-refractivity contribution in [3.63, 3.8) is 0 Å². The summed E-state index contributed by atoms with van der Waals surface area (Å²) in [6.45, 7) is 3.39. The molecule has 1 saturated heterocycles. The van der Waals surface area contributed by atoms with Crippen LogP contribution in [0.15, 0.2) is 12.2 Å². The van der Waals surface area contributed by atoms with Crippen LogP contribution in [0.5, 0.6) is 0 Å². The standard InChI is InChI=1S/C45H84O10/c1-3-5-7-9-11-13-15-16-17-18-19-20-21-22-24-26-28-30-32-34-41(48)54-38(37-53-45-44(51)43(50)42(49)39(35-46)55-45)36-52-40(47)33-31-29-27-25-23-14-12-10-8-6-4-2/h10,12,38-39,42-46,49-51H,3-9,11,13-37H2,1-2H3/b12-10+/t38-,39-,42+,43?,44?,45-/m1/s1. The van der Waals surface area contributed by atoms with Crippen molar-refractivity contribution in [1.82, 2.24) is 0 Å². The molecule has 10 nitrogen and oxygen atoms in total. The largest absolute Gasteiger partial charge is 0.462 e. The molecule has 10 heteroatoms. The lowest BCUT2D eigenvalue weighted by molar-refractivity contribution is -0.305. The van der Waals surface area contributed by atoms with E-state index in [1.165, 1.54) is 109 Å². The number of esters is 2. The van der Waals surface area contributed by atoms with Gasteiger partial charge in [-0.3, -0.25) is 9.59 Å². The van der Waals surface area contributed by atoms with E-state index in [0.717, 1.165) is 64.2 Å². The third-order valence-electron chi connectivity index (χ3n) is 10.7. The van der Waals surface area contributed by atoms with E-state index in [9.17, 15) is 30.0 Å². The molecule has 0 aliphatic carbocycles. The Morgan fingerprint density at radius 1 is 0.545 bits per heavy atom. The molecule has 0 aromatic carbocycles. The lowest BCUT2D eigenvalue weighted by Crippen LogP contribution is -2.59. The fourth-order valence-corrected chi connectivity index (χ4v) is 6.99. The lowest BCUT2D eigenvalue weighted by atomic mass is 9.99. The fraction of sp³-hybridized carbons (Fsp3) is 0.911. The van der Waals surface area contributed by atoms with Crippen LogP contribution < -0.4 is 0 Å². The van der Waals surface area contributed by atoms with Crippen LogP contribution in [0.3, 0.4) is 0 Å². The number of allylic oxidation sites excluding steroid dienone is 2. The molecular formula is C45H84O10. The van der Waals surface area contributed by atoms with Gasteiger partial charge in [-0.2, -0.15) is 0 Å². The molecule has 0 bridgehead atoms. The highest BCUT2D eigenvalue weighted by Gasteiger charge is 2.44. The summed E-state index contributed by atoms with van der Waals surface area (Å²) < 4.78 is 22.1. The molecule has 1 rings (SSSR count). The zero-order valence-corrected chi connectivity index (χ0v) is 35.2. The number of rotatable bonds is 38. The summed E-state index contributed by atoms with van der Waals surface area (Å²) in [5.74, 6) is -0.808. The molecule has 0 aromatic heterocycles. The number of ether oxygens (including phenoxy) is 4. The van der Waals surface area contributed by atoms with Crippen LogP contribution in [0.4, 0.5) is 0 Å². The molecule has 4 N–H and O–H groups in total. The van der Waals surface area contributed by atoms with Gasteiger partial charge >= 0.3 is 11.9 Å². The second kappa shape index (κ2) is 36.8. The predicted molar refractivity (Wildman–Crippen MR) is 220 cm³/mol. The van der Waals surface area contributed by atoms with Crippen molar-refractivity contribution in [2.24, 2.45) is 0 Å². The molecule has 0 amide bonds. The first kappa shape index (κ1) is 51.5. The monoisotopic (exact) mass is 785 g/mol. The average Bonchev–Trinajstić information content (AvgIpc) is 3.18. The third-order valence-corrected chi connectivity index (χ3v) is 10.7. The van der Waals surface area contributed by atoms with Gasteiger partial charge in [0.2, 0.25) is 0 Å². The highest BCUT2D eigenvalue weighted by atomic mass is 16.7. The quantitative estimate of drug-likeness (QED) is 0.0271. The molecule has 0 radical (unpaired) electrons. The molecule has 0 saturated carbocycles. The molecule has 6 atom stereocenters. The van der Waals surface area contributed by atoms with Gasteiger partial charge in [-0.05, 0) is 32.1 Å². The van der Waals surface area contributed by atoms with Gasteiger partial charge in [0.05, 0.1) is 13.2 Å². The number of aliphatic hydroxyl groups is 4. The fourth-order valence-electron chi connectivity index (χ4n) is 6.99. The molecule has 0 spiro atoms. The van der Waals surface area contributed by atoms with E-state index < -0.39 is 49.4 Å². The molecule has 324 valence electrons. The molecule has 1 aliphatic rings. The Kier molecular flexibility index (Phi) is 34.4. The van der Waals surface area contributed by atoms with Crippen molar-refractivity contribution in [2.45, 2.75) is 243 Å². The smallest absolute Gasteiger partial charge is 0.306 e. The minimum absolute atomic E-state index is 0.217. The minimum Gasteiger partial charge on any atom is -0.462 e. The Bertz CT molecular complexity index is 912. The van der Waals surface area contributed by atoms with Crippen LogP contribution in [0, 0.1) is 0 Å². The second-order valence-electron chi connectivity index (χ2n) is 15.9. The summed E-state index contributed by atoms with van der Waals surface area (Å²) in [6, 6.07) is 0. The normalized spacial score (nSPS) is 20.6. The van der Waals surface area contributed by atoms with E-state index in [-0.39, 0.29) is 32.0 Å². The van der Waals surface area contributed by atoms with Gasteiger partial charge < -0.3 is 39.4 Å². The van der Waals surface area contributed by atoms with Crippen LogP contribution in [0.2, 0.25) is 0 Å². The van der Waals surface area contributed by atoms with Crippen LogP contribution >= 0.6 is 0 Å². The average molecular weight is 785 g/mol. The predicted octanol–water partition coefficient (Wildman–Crippen LogP) is 9.56. The topological polar surface area (TPSA) is 152 Å². The second-order valence-corrected chi connectivity index (χ2v) is 15.9. The Morgan fingerprint density at radius 3 is 1.47 bits per heavy atom. The highest BCUT2D eigenvalue weighted by molar-refractivity contribution is 5.70. The van der Waals surface area contributed by atoms with Gasteiger partial charge in [0.1, 0.15) is 31.0 Å². The first-order chi connectivity index (χ1) is 26.8. The van der Waals surface area contributed by atoms with Crippen molar-refractivity contribution < 1.29 is 49.0 Å². The molecular weight excluding hydrogens is 700 g/mol. The van der Waals surface area contributed by atoms with Crippen molar-refractivity contribution in [1.29, 1.82) is 0 Å². The van der Waals surface area contributed by atoms with Gasteiger partial charge in [-0.1, -0.05) is 174 Å². The summed E-state index contributed by atoms with van der Waals surface area (Å²) >= 11 is 0. The summed E-state index contributed by atoms with van der Waals surface area (Å²) in [5.41, 5.74) is 0. The summed E-state index contributed by atoms with van der Waals surface area (Å²) in [6.07, 6.45) is 30.8. The Morgan fingerprint density at radius 2 is 0.982 bits per heavy atom. The number of carbonyl (C=O) groups excluding carboxylic acids is 2. The first-order valence-electron chi connectivity index (χ1n) is 22.8. The molecule has 55 heavy (non-hydrogen) atoms. The van der Waals surface area contributed by atoms with Gasteiger partial charge in [0.15, 0.2) is 12.4 Å². The molecule has 1 fully saturated rings. The summed E-state index contributed by atoms with van der Waals surface area (Å²) in [7, 11) is 0. The summed E-state index contributed by atoms with van der Waals surface area (Å²) in [4.78, 5) is 25.3. The lowest BCUT2D eigenvalue weighted by Gasteiger charge is -2.39. The van der Waals surface area contributed by atoms with Gasteiger partial charge in [-0.15, -0.1) is 0 Å². The number of hydrogen-bond acceptors (Lipinski definition) is 10. The van der Waals surface area contributed by atoms with E-state index >= 15 is 0 Å². The first-order valence-corrected chi connectivity index (χ1v) is 22.8. The minimum atomic E-state index is -1.59. The zero-order chi connectivity index (χ0) is 40.2. The van der Waals surface area contributed by atoms with Crippen LogP contribution in [0.1, 0.15) is 206 Å². The summed E-state index contributed by atoms with van der Waals surface area (Å²) in [5, 5.41) is 40.0. The van der Waals surface area contributed by atoms with Gasteiger partial charge in [-0.25, -0.2) is 0 Å². The zero-order valence-electron chi connectivity index (χ0n) is 35.2. The Hall–Kier alpha value is -1.56. The number of aliphatic hydroxyl groups excluding tert-OH is 4. The van der Waals surface area contributed by atoms with E-state index in [0.29, 0.717) is 6.42 Å². The Balaban J connectivity index is 2.28. The van der Waals surface area contributed by atoms with Crippen molar-refractivity contribution in [3.05, 3.63) is 12.2 Å². The molecule has 2 unspecified atom stereocenters. The third kappa shape index (κ3) is 28.5. The number of hydrogen-bond donors (Lipinski definition) is 4. The maximum absolute atomic E-state index is 12.8. The van der Waals surface area contributed by atoms with Gasteiger partial charge in [0, 0.05) is 12.8 Å². The van der Waals surface area contributed by atoms with Crippen molar-refractivity contribution >= 4 is 11.9 Å². The van der Waals surface area contributed by atoms with E-state index in [1.54, 1.807) is 0 Å². The maximum Gasteiger partial charge on any atom is 0.306 e. The number of carbonyl (C=O) groups is 2. The highest BCUT2D eigenvalue weighted by Crippen LogP contribution is 2.23. The van der Waals surface area contributed by atoms with E-state index in [2.05, 4.69) is 26.0 Å². The van der Waals surface area contributed by atoms with Gasteiger partial charge in [0.25, 0.3) is 0 Å². The molecule has 1 aliphatic heterocycles.